The summed E-state index contributed by atoms with van der Waals surface area (Å²) in [6, 6.07) is 10.7. The second kappa shape index (κ2) is 19.2. The standard InChI is InChI=1S/C44H81BrO4SSi3/c1-31(30-45)28-33(3)39(48-52(17,18)43(9,10)11)32(2)26-27-36(47-51(15,16)42(6,7)8)29-38-34(4)40(49-53(19,20)44(12,13)14)35(5)41(46-38)50-37-24-22-21-23-25-37/h21-28,32-36,38-41H,29-30H2,1-20H3/b27-26-,31-28-/t32-,33-,34-,35+,36+,38-,39-,40-,41-/m0/s1. The van der Waals surface area contributed by atoms with Crippen LogP contribution in [0.25, 0.3) is 0 Å². The summed E-state index contributed by atoms with van der Waals surface area (Å²) in [4.78, 5) is 1.23. The maximum Gasteiger partial charge on any atom is 0.192 e. The van der Waals surface area contributed by atoms with E-state index in [2.05, 4.69) is 201 Å². The minimum absolute atomic E-state index is 0.0142. The van der Waals surface area contributed by atoms with Crippen LogP contribution >= 0.6 is 27.7 Å². The van der Waals surface area contributed by atoms with E-state index in [0.717, 1.165) is 11.8 Å². The van der Waals surface area contributed by atoms with Crippen LogP contribution in [0.15, 0.2) is 59.0 Å². The first-order valence-electron chi connectivity index (χ1n) is 20.3. The topological polar surface area (TPSA) is 36.9 Å². The first-order chi connectivity index (χ1) is 23.9. The van der Waals surface area contributed by atoms with Crippen LogP contribution in [0.2, 0.25) is 54.4 Å². The predicted octanol–water partition coefficient (Wildman–Crippen LogP) is 14.5. The van der Waals surface area contributed by atoms with E-state index in [0.29, 0.717) is 0 Å². The van der Waals surface area contributed by atoms with Crippen molar-refractivity contribution < 1.29 is 18.0 Å². The molecule has 1 heterocycles. The van der Waals surface area contributed by atoms with Crippen molar-refractivity contribution in [2.24, 2.45) is 23.7 Å². The fraction of sp³-hybridized carbons (Fsp3) is 0.773. The van der Waals surface area contributed by atoms with Crippen LogP contribution < -0.4 is 0 Å². The first-order valence-corrected chi connectivity index (χ1v) is 31.0. The lowest BCUT2D eigenvalue weighted by Crippen LogP contribution is -2.55. The molecule has 2 rings (SSSR count). The lowest BCUT2D eigenvalue weighted by atomic mass is 9.84. The smallest absolute Gasteiger partial charge is 0.192 e. The number of hydrogen-bond acceptors (Lipinski definition) is 5. The summed E-state index contributed by atoms with van der Waals surface area (Å²) in [5.74, 6) is 0.926. The van der Waals surface area contributed by atoms with Crippen molar-refractivity contribution in [3.05, 3.63) is 54.1 Å². The lowest BCUT2D eigenvalue weighted by molar-refractivity contribution is -0.134. The molecule has 1 aliphatic rings. The minimum Gasteiger partial charge on any atom is -0.413 e. The molecule has 0 N–H and O–H groups in total. The molecular weight excluding hydrogens is 789 g/mol. The van der Waals surface area contributed by atoms with Gasteiger partial charge in [0.1, 0.15) is 5.44 Å². The van der Waals surface area contributed by atoms with Crippen molar-refractivity contribution in [3.8, 4) is 0 Å². The van der Waals surface area contributed by atoms with Crippen LogP contribution in [0.1, 0.15) is 103 Å². The number of allylic oxidation sites excluding steroid dienone is 1. The van der Waals surface area contributed by atoms with E-state index in [-0.39, 0.29) is 68.6 Å². The Hall–Kier alpha value is 0.0206. The number of hydrogen-bond donors (Lipinski definition) is 0. The van der Waals surface area contributed by atoms with Gasteiger partial charge in [0.25, 0.3) is 0 Å². The van der Waals surface area contributed by atoms with Crippen LogP contribution in [0.5, 0.6) is 0 Å². The Morgan fingerprint density at radius 3 is 1.77 bits per heavy atom. The van der Waals surface area contributed by atoms with Gasteiger partial charge in [0.05, 0.1) is 24.4 Å². The molecule has 4 nitrogen and oxygen atoms in total. The van der Waals surface area contributed by atoms with Crippen molar-refractivity contribution in [1.29, 1.82) is 0 Å². The average Bonchev–Trinajstić information content (AvgIpc) is 3.01. The Bertz CT molecular complexity index is 1330. The van der Waals surface area contributed by atoms with Crippen LogP contribution in [0, 0.1) is 23.7 Å². The van der Waals surface area contributed by atoms with Gasteiger partial charge < -0.3 is 18.0 Å². The SMILES string of the molecule is C/C(=C/[C@H](C)[C@@H](O[Si](C)(C)C(C)(C)C)[C@@H](C)/C=C\[C@H](C[C@@H]1O[C@@H](Sc2ccccc2)[C@H](C)[C@@H](O[Si](C)(C)C(C)(C)C)[C@H]1C)O[Si](C)(C)C(C)(C)C)CBr. The molecule has 1 aromatic carbocycles. The molecule has 9 heteroatoms. The van der Waals surface area contributed by atoms with Gasteiger partial charge in [-0.2, -0.15) is 0 Å². The van der Waals surface area contributed by atoms with Crippen molar-refractivity contribution in [3.63, 3.8) is 0 Å². The third kappa shape index (κ3) is 13.8. The third-order valence-electron chi connectivity index (χ3n) is 13.0. The van der Waals surface area contributed by atoms with Gasteiger partial charge in [0, 0.05) is 28.5 Å². The summed E-state index contributed by atoms with van der Waals surface area (Å²) < 4.78 is 29.1. The molecule has 306 valence electrons. The maximum atomic E-state index is 7.35. The normalized spacial score (nSPS) is 25.4. The monoisotopic (exact) mass is 868 g/mol. The number of halogens is 1. The fourth-order valence-corrected chi connectivity index (χ4v) is 11.7. The van der Waals surface area contributed by atoms with E-state index in [1.807, 2.05) is 11.8 Å². The Kier molecular flexibility index (Phi) is 17.8. The minimum atomic E-state index is -2.13. The van der Waals surface area contributed by atoms with Gasteiger partial charge in [-0.05, 0) is 85.3 Å². The molecule has 1 aliphatic heterocycles. The zero-order chi connectivity index (χ0) is 41.0. The Balaban J connectivity index is 2.61. The highest BCUT2D eigenvalue weighted by Gasteiger charge is 2.49. The zero-order valence-electron chi connectivity index (χ0n) is 37.6. The van der Waals surface area contributed by atoms with Crippen LogP contribution in [-0.2, 0) is 18.0 Å². The molecule has 0 saturated carbocycles. The number of ether oxygens (including phenoxy) is 1. The van der Waals surface area contributed by atoms with Gasteiger partial charge in [-0.3, -0.25) is 0 Å². The second-order valence-electron chi connectivity index (χ2n) is 20.8. The van der Waals surface area contributed by atoms with Crippen molar-refractivity contribution in [2.45, 2.75) is 192 Å². The van der Waals surface area contributed by atoms with Gasteiger partial charge in [-0.15, -0.1) is 0 Å². The molecule has 53 heavy (non-hydrogen) atoms. The first kappa shape index (κ1) is 49.2. The summed E-state index contributed by atoms with van der Waals surface area (Å²) >= 11 is 5.52. The summed E-state index contributed by atoms with van der Waals surface area (Å²) in [6.45, 7) is 46.9. The highest BCUT2D eigenvalue weighted by atomic mass is 79.9. The van der Waals surface area contributed by atoms with Gasteiger partial charge in [0.2, 0.25) is 0 Å². The fourth-order valence-electron chi connectivity index (χ4n) is 6.19. The summed E-state index contributed by atoms with van der Waals surface area (Å²) in [7, 11) is -6.22. The van der Waals surface area contributed by atoms with Crippen molar-refractivity contribution in [2.75, 3.05) is 5.33 Å². The second-order valence-corrected chi connectivity index (χ2v) is 36.8. The van der Waals surface area contributed by atoms with Crippen LogP contribution in [0.3, 0.4) is 0 Å². The molecule has 1 aromatic rings. The molecule has 0 radical (unpaired) electrons. The molecule has 0 aromatic heterocycles. The number of benzene rings is 1. The third-order valence-corrected chi connectivity index (χ3v) is 28.6. The summed E-state index contributed by atoms with van der Waals surface area (Å²) in [5.41, 5.74) is 1.32. The van der Waals surface area contributed by atoms with E-state index in [1.165, 1.54) is 10.5 Å². The van der Waals surface area contributed by atoms with E-state index >= 15 is 0 Å². The Labute approximate surface area is 344 Å². The Morgan fingerprint density at radius 1 is 0.774 bits per heavy atom. The molecule has 0 bridgehead atoms. The van der Waals surface area contributed by atoms with Gasteiger partial charge in [-0.25, -0.2) is 0 Å². The van der Waals surface area contributed by atoms with E-state index in [9.17, 15) is 0 Å². The maximum absolute atomic E-state index is 7.35. The lowest BCUT2D eigenvalue weighted by Gasteiger charge is -2.50. The molecule has 9 atom stereocenters. The summed E-state index contributed by atoms with van der Waals surface area (Å²) in [6.07, 6.45) is 8.02. The number of rotatable bonds is 16. The van der Waals surface area contributed by atoms with E-state index in [1.54, 1.807) is 0 Å². The molecule has 0 aliphatic carbocycles. The molecule has 0 amide bonds. The van der Waals surface area contributed by atoms with Crippen molar-refractivity contribution >= 4 is 52.6 Å². The largest absolute Gasteiger partial charge is 0.413 e. The van der Waals surface area contributed by atoms with Gasteiger partial charge in [-0.1, -0.05) is 160 Å². The van der Waals surface area contributed by atoms with Crippen LogP contribution in [-0.4, -0.2) is 60.1 Å². The Morgan fingerprint density at radius 2 is 1.28 bits per heavy atom. The number of alkyl halides is 1. The van der Waals surface area contributed by atoms with E-state index < -0.39 is 25.0 Å². The molecule has 0 spiro atoms. The summed E-state index contributed by atoms with van der Waals surface area (Å²) in [5, 5.41) is 1.20. The highest BCUT2D eigenvalue weighted by Crippen LogP contribution is 2.47. The van der Waals surface area contributed by atoms with E-state index in [4.69, 9.17) is 18.0 Å². The molecule has 1 fully saturated rings. The highest BCUT2D eigenvalue weighted by molar-refractivity contribution is 9.09. The van der Waals surface area contributed by atoms with Crippen molar-refractivity contribution in [1.82, 2.24) is 0 Å². The average molecular weight is 870 g/mol. The quantitative estimate of drug-likeness (QED) is 0.0940. The van der Waals surface area contributed by atoms with Gasteiger partial charge in [0.15, 0.2) is 25.0 Å². The molecule has 0 unspecified atom stereocenters. The van der Waals surface area contributed by atoms with Gasteiger partial charge >= 0.3 is 0 Å². The molecule has 1 saturated heterocycles. The molecular formula is C44H81BrO4SSi3. The zero-order valence-corrected chi connectivity index (χ0v) is 43.1. The predicted molar refractivity (Wildman–Crippen MR) is 245 cm³/mol. The van der Waals surface area contributed by atoms with Crippen LogP contribution in [0.4, 0.5) is 0 Å². The number of thioether (sulfide) groups is 1.